The van der Waals surface area contributed by atoms with Gasteiger partial charge in [0, 0.05) is 0 Å². The van der Waals surface area contributed by atoms with Gasteiger partial charge in [-0.25, -0.2) is 8.37 Å². The summed E-state index contributed by atoms with van der Waals surface area (Å²) in [5, 5.41) is 0. The first-order chi connectivity index (χ1) is 4.81. The minimum absolute atomic E-state index is 0.994. The van der Waals surface area contributed by atoms with E-state index < -0.39 is 29.3 Å². The van der Waals surface area contributed by atoms with Gasteiger partial charge in [0.25, 0.3) is 0 Å². The van der Waals surface area contributed by atoms with Crippen LogP contribution < -0.4 is 0 Å². The molecule has 0 amide bonds. The molecule has 0 N–H and O–H groups in total. The number of halogens is 3. The van der Waals surface area contributed by atoms with E-state index in [4.69, 9.17) is 0 Å². The molecule has 0 aromatic heterocycles. The second-order valence-corrected chi connectivity index (χ2v) is 3.06. The number of rotatable bonds is 0. The van der Waals surface area contributed by atoms with Crippen molar-refractivity contribution in [2.45, 2.75) is 12.3 Å². The molecule has 0 bridgehead atoms. The van der Waals surface area contributed by atoms with Crippen molar-refractivity contribution in [2.24, 2.45) is 0 Å². The van der Waals surface area contributed by atoms with Crippen molar-refractivity contribution in [2.75, 3.05) is 6.61 Å². The number of hydrogen-bond acceptors (Lipinski definition) is 4. The summed E-state index contributed by atoms with van der Waals surface area (Å²) in [6.07, 6.45) is -7.05. The molecule has 1 aliphatic heterocycles. The van der Waals surface area contributed by atoms with Gasteiger partial charge in [-0.2, -0.15) is 21.6 Å². The Hall–Kier alpha value is -0.340. The minimum Gasteiger partial charge on any atom is -0.245 e. The second-order valence-electron chi connectivity index (χ2n) is 1.82. The molecule has 1 aliphatic rings. The van der Waals surface area contributed by atoms with Gasteiger partial charge in [-0.3, -0.25) is 0 Å². The highest BCUT2D eigenvalue weighted by Gasteiger charge is 2.49. The topological polar surface area (TPSA) is 52.6 Å². The fraction of sp³-hybridized carbons (Fsp3) is 1.00. The van der Waals surface area contributed by atoms with Crippen molar-refractivity contribution in [1.82, 2.24) is 0 Å². The Morgan fingerprint density at radius 3 is 2.09 bits per heavy atom. The second kappa shape index (κ2) is 2.32. The Morgan fingerprint density at radius 1 is 1.36 bits per heavy atom. The van der Waals surface area contributed by atoms with Gasteiger partial charge >= 0.3 is 16.6 Å². The van der Waals surface area contributed by atoms with E-state index in [1.807, 2.05) is 0 Å². The predicted molar refractivity (Wildman–Crippen MR) is 25.8 cm³/mol. The monoisotopic (exact) mass is 192 g/mol. The van der Waals surface area contributed by atoms with Crippen LogP contribution in [0.3, 0.4) is 0 Å². The van der Waals surface area contributed by atoms with Crippen LogP contribution in [-0.2, 0) is 18.8 Å². The van der Waals surface area contributed by atoms with E-state index >= 15 is 0 Å². The molecule has 1 heterocycles. The van der Waals surface area contributed by atoms with Gasteiger partial charge in [0.15, 0.2) is 6.10 Å². The normalized spacial score (nSPS) is 30.6. The molecule has 1 fully saturated rings. The first kappa shape index (κ1) is 8.75. The van der Waals surface area contributed by atoms with Gasteiger partial charge < -0.3 is 0 Å². The van der Waals surface area contributed by atoms with Crippen LogP contribution in [0.5, 0.6) is 0 Å². The number of hydrogen-bond donors (Lipinski definition) is 0. The van der Waals surface area contributed by atoms with Crippen LogP contribution in [0.15, 0.2) is 0 Å². The van der Waals surface area contributed by atoms with Crippen LogP contribution in [-0.4, -0.2) is 27.3 Å². The molecule has 66 valence electrons. The molecule has 0 spiro atoms. The van der Waals surface area contributed by atoms with Gasteiger partial charge in [-0.05, 0) is 0 Å². The molecule has 1 atom stereocenters. The summed E-state index contributed by atoms with van der Waals surface area (Å²) in [5.74, 6) is 0. The van der Waals surface area contributed by atoms with Crippen molar-refractivity contribution in [3.8, 4) is 0 Å². The minimum atomic E-state index is -4.69. The van der Waals surface area contributed by atoms with E-state index in [-0.39, 0.29) is 0 Å². The highest BCUT2D eigenvalue weighted by atomic mass is 32.3. The molecular weight excluding hydrogens is 189 g/mol. The molecule has 1 saturated heterocycles. The van der Waals surface area contributed by atoms with Crippen LogP contribution in [0.25, 0.3) is 0 Å². The zero-order valence-corrected chi connectivity index (χ0v) is 5.78. The lowest BCUT2D eigenvalue weighted by Gasteiger charge is -2.08. The molecule has 0 aromatic carbocycles. The third-order valence-electron chi connectivity index (χ3n) is 0.963. The van der Waals surface area contributed by atoms with E-state index in [9.17, 15) is 21.6 Å². The van der Waals surface area contributed by atoms with Gasteiger partial charge in [-0.1, -0.05) is 0 Å². The molecule has 0 aromatic rings. The maximum atomic E-state index is 11.6. The van der Waals surface area contributed by atoms with Crippen LogP contribution in [0.1, 0.15) is 0 Å². The Bertz CT molecular complexity index is 242. The zero-order valence-electron chi connectivity index (χ0n) is 4.96. The van der Waals surface area contributed by atoms with Crippen molar-refractivity contribution in [3.05, 3.63) is 0 Å². The number of alkyl halides is 3. The van der Waals surface area contributed by atoms with Crippen molar-refractivity contribution < 1.29 is 30.0 Å². The van der Waals surface area contributed by atoms with Gasteiger partial charge in [0.2, 0.25) is 0 Å². The third-order valence-corrected chi connectivity index (χ3v) is 1.86. The van der Waals surface area contributed by atoms with Crippen molar-refractivity contribution in [1.29, 1.82) is 0 Å². The smallest absolute Gasteiger partial charge is 0.245 e. The van der Waals surface area contributed by atoms with E-state index in [2.05, 4.69) is 8.37 Å². The Kier molecular flexibility index (Phi) is 1.85. The lowest BCUT2D eigenvalue weighted by molar-refractivity contribution is -0.189. The first-order valence-corrected chi connectivity index (χ1v) is 3.79. The van der Waals surface area contributed by atoms with E-state index in [0.717, 1.165) is 0 Å². The standard InChI is InChI=1S/C3H3F3O4S/c4-3(5,6)2-1-9-11(7,8)10-2/h2H,1H2/t2-/m0/s1. The van der Waals surface area contributed by atoms with Gasteiger partial charge in [0.1, 0.15) is 6.61 Å². The summed E-state index contributed by atoms with van der Waals surface area (Å²) in [4.78, 5) is 0. The highest BCUT2D eigenvalue weighted by molar-refractivity contribution is 7.82. The van der Waals surface area contributed by atoms with E-state index in [1.54, 1.807) is 0 Å². The summed E-state index contributed by atoms with van der Waals surface area (Å²) in [7, 11) is -4.40. The maximum Gasteiger partial charge on any atom is 0.418 e. The summed E-state index contributed by atoms with van der Waals surface area (Å²) in [6.45, 7) is -0.994. The Balaban J connectivity index is 2.70. The zero-order chi connectivity index (χ0) is 8.70. The van der Waals surface area contributed by atoms with Crippen molar-refractivity contribution >= 4 is 10.4 Å². The van der Waals surface area contributed by atoms with E-state index in [0.29, 0.717) is 0 Å². The summed E-state index contributed by atoms with van der Waals surface area (Å²) in [5.41, 5.74) is 0. The average Bonchev–Trinajstić information content (AvgIpc) is 2.07. The molecule has 1 rings (SSSR count). The molecule has 11 heavy (non-hydrogen) atoms. The molecule has 0 radical (unpaired) electrons. The SMILES string of the molecule is O=S1(=O)OC[C@@H](C(F)(F)F)O1. The molecule has 0 saturated carbocycles. The molecular formula is C3H3F3O4S. The quantitative estimate of drug-likeness (QED) is 0.550. The summed E-state index contributed by atoms with van der Waals surface area (Å²) < 4.78 is 62.4. The Morgan fingerprint density at radius 2 is 1.91 bits per heavy atom. The molecule has 0 aliphatic carbocycles. The maximum absolute atomic E-state index is 11.6. The highest BCUT2D eigenvalue weighted by Crippen LogP contribution is 2.28. The molecule has 8 heteroatoms. The largest absolute Gasteiger partial charge is 0.418 e. The van der Waals surface area contributed by atoms with Crippen LogP contribution in [0.4, 0.5) is 13.2 Å². The lowest BCUT2D eigenvalue weighted by Crippen LogP contribution is -2.30. The van der Waals surface area contributed by atoms with E-state index in [1.165, 1.54) is 0 Å². The van der Waals surface area contributed by atoms with Crippen LogP contribution in [0, 0.1) is 0 Å². The molecule has 4 nitrogen and oxygen atoms in total. The van der Waals surface area contributed by atoms with Crippen molar-refractivity contribution in [3.63, 3.8) is 0 Å². The fourth-order valence-electron chi connectivity index (χ4n) is 0.492. The average molecular weight is 192 g/mol. The first-order valence-electron chi connectivity index (χ1n) is 2.45. The van der Waals surface area contributed by atoms with Crippen LogP contribution >= 0.6 is 0 Å². The summed E-state index contributed by atoms with van der Waals surface area (Å²) in [6, 6.07) is 0. The predicted octanol–water partition coefficient (Wildman–Crippen LogP) is 0.209. The fourth-order valence-corrected chi connectivity index (χ4v) is 1.29. The van der Waals surface area contributed by atoms with Gasteiger partial charge in [-0.15, -0.1) is 0 Å². The summed E-state index contributed by atoms with van der Waals surface area (Å²) >= 11 is 0. The van der Waals surface area contributed by atoms with Gasteiger partial charge in [0.05, 0.1) is 0 Å². The Labute approximate surface area is 60.2 Å². The molecule has 0 unspecified atom stereocenters. The third kappa shape index (κ3) is 2.04. The lowest BCUT2D eigenvalue weighted by atomic mass is 10.4. The van der Waals surface area contributed by atoms with Crippen LogP contribution in [0.2, 0.25) is 0 Å².